The van der Waals surface area contributed by atoms with E-state index in [2.05, 4.69) is 38.5 Å². The van der Waals surface area contributed by atoms with E-state index in [0.29, 0.717) is 32.4 Å². The summed E-state index contributed by atoms with van der Waals surface area (Å²) in [4.78, 5) is 46.5. The van der Waals surface area contributed by atoms with Crippen molar-refractivity contribution in [3.8, 4) is 0 Å². The van der Waals surface area contributed by atoms with Gasteiger partial charge in [-0.3, -0.25) is 24.4 Å². The Labute approximate surface area is 210 Å². The normalized spacial score (nSPS) is 11.5. The first kappa shape index (κ1) is 25.9. The molecular formula is C26H29N5O3S. The molecule has 0 spiro atoms. The van der Waals surface area contributed by atoms with Crippen LogP contribution in [0.15, 0.2) is 79.4 Å². The lowest BCUT2D eigenvalue weighted by Gasteiger charge is -2.20. The summed E-state index contributed by atoms with van der Waals surface area (Å²) in [5.74, 6) is -1.64. The van der Waals surface area contributed by atoms with Gasteiger partial charge in [-0.25, -0.2) is 0 Å². The van der Waals surface area contributed by atoms with Crippen LogP contribution in [0.1, 0.15) is 16.7 Å². The van der Waals surface area contributed by atoms with Crippen LogP contribution in [0.25, 0.3) is 0 Å². The largest absolute Gasteiger partial charge is 0.354 e. The fourth-order valence-corrected chi connectivity index (χ4v) is 3.67. The lowest BCUT2D eigenvalue weighted by Crippen LogP contribution is -2.57. The number of nitrogens with one attached hydrogen (secondary N) is 3. The van der Waals surface area contributed by atoms with Crippen molar-refractivity contribution in [2.24, 2.45) is 0 Å². The highest BCUT2D eigenvalue weighted by Gasteiger charge is 2.30. The lowest BCUT2D eigenvalue weighted by atomic mass is 10.1. The Hall–Kier alpha value is -3.72. The molecule has 9 heteroatoms. The van der Waals surface area contributed by atoms with Crippen molar-refractivity contribution in [3.63, 3.8) is 0 Å². The van der Waals surface area contributed by atoms with Gasteiger partial charge in [0.25, 0.3) is 11.8 Å². The summed E-state index contributed by atoms with van der Waals surface area (Å²) >= 11 is 4.40. The van der Waals surface area contributed by atoms with E-state index in [9.17, 15) is 14.4 Å². The topological polar surface area (TPSA) is 113 Å². The average molecular weight is 492 g/mol. The molecule has 1 atom stereocenters. The van der Waals surface area contributed by atoms with Crippen LogP contribution in [0.5, 0.6) is 0 Å². The zero-order valence-corrected chi connectivity index (χ0v) is 20.2. The minimum Gasteiger partial charge on any atom is -0.354 e. The molecule has 35 heavy (non-hydrogen) atoms. The average Bonchev–Trinajstić information content (AvgIpc) is 2.88. The zero-order valence-electron chi connectivity index (χ0n) is 19.3. The van der Waals surface area contributed by atoms with Crippen LogP contribution < -0.4 is 16.0 Å². The van der Waals surface area contributed by atoms with E-state index < -0.39 is 29.0 Å². The number of rotatable bonds is 12. The van der Waals surface area contributed by atoms with Gasteiger partial charge in [0.2, 0.25) is 5.91 Å². The maximum Gasteiger partial charge on any atom is 0.252 e. The molecular weight excluding hydrogens is 462 g/mol. The van der Waals surface area contributed by atoms with Gasteiger partial charge in [0.1, 0.15) is 0 Å². The standard InChI is InChI=1S/C26H29N5O3S/c32-24(22(35)18-21-4-2-1-3-5-21)31-23(25(33)29-16-10-19-6-12-27-13-7-19)26(34)30-17-11-20-8-14-28-15-9-20/h1-9,12-15,22-23,35H,10-11,16-18H2,(H,29,33)(H,30,34)(H,31,32)/t22-/m0/s1. The maximum absolute atomic E-state index is 12.9. The molecule has 3 N–H and O–H groups in total. The van der Waals surface area contributed by atoms with E-state index in [4.69, 9.17) is 0 Å². The third kappa shape index (κ3) is 8.86. The Bertz CT molecular complexity index is 1030. The lowest BCUT2D eigenvalue weighted by molar-refractivity contribution is -0.136. The van der Waals surface area contributed by atoms with Gasteiger partial charge in [-0.05, 0) is 60.2 Å². The molecule has 0 radical (unpaired) electrons. The number of carbonyl (C=O) groups excluding carboxylic acids is 3. The Morgan fingerprint density at radius 1 is 0.686 bits per heavy atom. The number of benzene rings is 1. The molecule has 0 aliphatic heterocycles. The van der Waals surface area contributed by atoms with Gasteiger partial charge >= 0.3 is 0 Å². The number of amides is 3. The summed E-state index contributed by atoms with van der Waals surface area (Å²) in [5.41, 5.74) is 2.93. The minimum absolute atomic E-state index is 0.313. The molecule has 3 amide bonds. The molecule has 0 aliphatic carbocycles. The van der Waals surface area contributed by atoms with Gasteiger partial charge in [0.05, 0.1) is 5.25 Å². The van der Waals surface area contributed by atoms with E-state index in [1.54, 1.807) is 24.8 Å². The molecule has 8 nitrogen and oxygen atoms in total. The van der Waals surface area contributed by atoms with Crippen LogP contribution in [-0.4, -0.2) is 52.1 Å². The predicted octanol–water partition coefficient (Wildman–Crippen LogP) is 1.52. The molecule has 1 aromatic carbocycles. The number of pyridine rings is 2. The molecule has 2 aromatic heterocycles. The summed E-state index contributed by atoms with van der Waals surface area (Å²) in [5, 5.41) is 7.35. The monoisotopic (exact) mass is 491 g/mol. The second-order valence-electron chi connectivity index (χ2n) is 7.94. The summed E-state index contributed by atoms with van der Waals surface area (Å²) in [7, 11) is 0. The number of hydrogen-bond donors (Lipinski definition) is 4. The summed E-state index contributed by atoms with van der Waals surface area (Å²) in [6.07, 6.45) is 8.22. The summed E-state index contributed by atoms with van der Waals surface area (Å²) in [6, 6.07) is 15.5. The van der Waals surface area contributed by atoms with E-state index in [1.165, 1.54) is 0 Å². The highest BCUT2D eigenvalue weighted by atomic mass is 32.1. The first-order valence-electron chi connectivity index (χ1n) is 11.4. The van der Waals surface area contributed by atoms with Crippen molar-refractivity contribution in [2.75, 3.05) is 13.1 Å². The van der Waals surface area contributed by atoms with Gasteiger partial charge in [-0.1, -0.05) is 30.3 Å². The third-order valence-electron chi connectivity index (χ3n) is 5.31. The smallest absolute Gasteiger partial charge is 0.252 e. The van der Waals surface area contributed by atoms with Crippen LogP contribution in [-0.2, 0) is 33.6 Å². The van der Waals surface area contributed by atoms with Gasteiger partial charge < -0.3 is 16.0 Å². The molecule has 0 bridgehead atoms. The molecule has 0 fully saturated rings. The van der Waals surface area contributed by atoms with Crippen molar-refractivity contribution in [1.29, 1.82) is 0 Å². The van der Waals surface area contributed by atoms with Gasteiger partial charge in [0, 0.05) is 37.9 Å². The van der Waals surface area contributed by atoms with Crippen LogP contribution in [0.2, 0.25) is 0 Å². The molecule has 0 saturated heterocycles. The number of thiol groups is 1. The fourth-order valence-electron chi connectivity index (χ4n) is 3.38. The van der Waals surface area contributed by atoms with Crippen LogP contribution in [0.4, 0.5) is 0 Å². The predicted molar refractivity (Wildman–Crippen MR) is 137 cm³/mol. The van der Waals surface area contributed by atoms with E-state index in [-0.39, 0.29) is 0 Å². The quantitative estimate of drug-likeness (QED) is 0.227. The van der Waals surface area contributed by atoms with Crippen molar-refractivity contribution in [2.45, 2.75) is 30.6 Å². The number of carbonyl (C=O) groups is 3. The highest BCUT2D eigenvalue weighted by molar-refractivity contribution is 7.81. The Balaban J connectivity index is 1.59. The van der Waals surface area contributed by atoms with Crippen LogP contribution in [0.3, 0.4) is 0 Å². The zero-order chi connectivity index (χ0) is 24.9. The Morgan fingerprint density at radius 2 is 1.17 bits per heavy atom. The molecule has 0 unspecified atom stereocenters. The number of aromatic nitrogens is 2. The Kier molecular flexibility index (Phi) is 10.3. The second kappa shape index (κ2) is 13.9. The number of nitrogens with zero attached hydrogens (tertiary/aromatic N) is 2. The first-order valence-corrected chi connectivity index (χ1v) is 11.9. The summed E-state index contributed by atoms with van der Waals surface area (Å²) < 4.78 is 0. The molecule has 182 valence electrons. The van der Waals surface area contributed by atoms with E-state index in [1.807, 2.05) is 54.6 Å². The minimum atomic E-state index is -1.37. The molecule has 3 aromatic rings. The SMILES string of the molecule is O=C(NCCc1ccncc1)C(NC(=O)[C@@H](S)Cc1ccccc1)C(=O)NCCc1ccncc1. The molecule has 0 saturated carbocycles. The summed E-state index contributed by atoms with van der Waals surface area (Å²) in [6.45, 7) is 0.627. The molecule has 3 rings (SSSR count). The Morgan fingerprint density at radius 3 is 1.66 bits per heavy atom. The van der Waals surface area contributed by atoms with Crippen molar-refractivity contribution >= 4 is 30.4 Å². The third-order valence-corrected chi connectivity index (χ3v) is 5.73. The highest BCUT2D eigenvalue weighted by Crippen LogP contribution is 2.08. The van der Waals surface area contributed by atoms with Crippen molar-refractivity contribution < 1.29 is 14.4 Å². The van der Waals surface area contributed by atoms with Gasteiger partial charge in [-0.2, -0.15) is 12.6 Å². The molecule has 0 aliphatic rings. The van der Waals surface area contributed by atoms with E-state index in [0.717, 1.165) is 16.7 Å². The molecule has 2 heterocycles. The van der Waals surface area contributed by atoms with Crippen LogP contribution in [0, 0.1) is 0 Å². The first-order chi connectivity index (χ1) is 17.0. The maximum atomic E-state index is 12.9. The van der Waals surface area contributed by atoms with Gasteiger partial charge in [-0.15, -0.1) is 0 Å². The van der Waals surface area contributed by atoms with E-state index >= 15 is 0 Å². The van der Waals surface area contributed by atoms with Gasteiger partial charge in [0.15, 0.2) is 6.04 Å². The number of hydrogen-bond acceptors (Lipinski definition) is 6. The van der Waals surface area contributed by atoms with Crippen molar-refractivity contribution in [1.82, 2.24) is 25.9 Å². The van der Waals surface area contributed by atoms with Crippen LogP contribution >= 0.6 is 12.6 Å². The van der Waals surface area contributed by atoms with Crippen molar-refractivity contribution in [3.05, 3.63) is 96.1 Å². The second-order valence-corrected chi connectivity index (χ2v) is 8.56. The fraction of sp³-hybridized carbons (Fsp3) is 0.269.